The first-order valence-electron chi connectivity index (χ1n) is 8.84. The minimum atomic E-state index is -0.293. The smallest absolute Gasteiger partial charge is 0.0686 e. The normalized spacial score (nSPS) is 36.9. The predicted molar refractivity (Wildman–Crippen MR) is 87.3 cm³/mol. The van der Waals surface area contributed by atoms with Gasteiger partial charge >= 0.3 is 0 Å². The van der Waals surface area contributed by atoms with Crippen molar-refractivity contribution < 1.29 is 9.84 Å². The van der Waals surface area contributed by atoms with E-state index in [1.165, 1.54) is 19.3 Å². The Morgan fingerprint density at radius 2 is 2.05 bits per heavy atom. The van der Waals surface area contributed by atoms with Crippen molar-refractivity contribution in [1.82, 2.24) is 5.32 Å². The van der Waals surface area contributed by atoms with Crippen LogP contribution in [0.25, 0.3) is 0 Å². The van der Waals surface area contributed by atoms with E-state index in [4.69, 9.17) is 4.74 Å². The second kappa shape index (κ2) is 6.55. The molecule has 2 N–H and O–H groups in total. The highest BCUT2D eigenvalue weighted by molar-refractivity contribution is 5.11. The van der Waals surface area contributed by atoms with Gasteiger partial charge in [-0.05, 0) is 55.8 Å². The lowest BCUT2D eigenvalue weighted by Gasteiger charge is -2.39. The number of nitrogens with one attached hydrogen (secondary N) is 1. The Labute approximate surface area is 130 Å². The van der Waals surface area contributed by atoms with Gasteiger partial charge < -0.3 is 15.2 Å². The van der Waals surface area contributed by atoms with Gasteiger partial charge in [0.05, 0.1) is 12.2 Å². The molecule has 0 aliphatic heterocycles. The number of hydrogen-bond donors (Lipinski definition) is 2. The summed E-state index contributed by atoms with van der Waals surface area (Å²) >= 11 is 0. The van der Waals surface area contributed by atoms with Crippen LogP contribution in [0.15, 0.2) is 0 Å². The van der Waals surface area contributed by atoms with Crippen molar-refractivity contribution in [2.75, 3.05) is 13.2 Å². The highest BCUT2D eigenvalue weighted by atomic mass is 16.5. The van der Waals surface area contributed by atoms with E-state index in [0.29, 0.717) is 36.1 Å². The Bertz CT molecular complexity index is 344. The van der Waals surface area contributed by atoms with E-state index >= 15 is 0 Å². The van der Waals surface area contributed by atoms with Gasteiger partial charge in [-0.25, -0.2) is 0 Å². The van der Waals surface area contributed by atoms with Crippen molar-refractivity contribution in [2.24, 2.45) is 16.7 Å². The Morgan fingerprint density at radius 3 is 2.57 bits per heavy atom. The SMILES string of the molecule is CC[C@H](C)NC[C@H](O)CCO[C@H]1C[C@H]2CC[C@@]1(C)C2(C)C. The summed E-state index contributed by atoms with van der Waals surface area (Å²) in [6.07, 6.45) is 5.81. The van der Waals surface area contributed by atoms with Crippen LogP contribution in [0.3, 0.4) is 0 Å². The van der Waals surface area contributed by atoms with Crippen molar-refractivity contribution in [3.8, 4) is 0 Å². The summed E-state index contributed by atoms with van der Waals surface area (Å²) in [4.78, 5) is 0. The third-order valence-electron chi connectivity index (χ3n) is 6.80. The maximum absolute atomic E-state index is 10.0. The van der Waals surface area contributed by atoms with E-state index in [1.54, 1.807) is 0 Å². The molecule has 0 unspecified atom stereocenters. The number of aliphatic hydroxyl groups is 1. The molecule has 0 heterocycles. The van der Waals surface area contributed by atoms with Crippen LogP contribution < -0.4 is 5.32 Å². The lowest BCUT2D eigenvalue weighted by Crippen LogP contribution is -2.38. The molecular weight excluding hydrogens is 262 g/mol. The highest BCUT2D eigenvalue weighted by Gasteiger charge is 2.61. The zero-order chi connectivity index (χ0) is 15.7. The lowest BCUT2D eigenvalue weighted by atomic mass is 9.70. The Balaban J connectivity index is 1.70. The van der Waals surface area contributed by atoms with Gasteiger partial charge in [-0.15, -0.1) is 0 Å². The fourth-order valence-corrected chi connectivity index (χ4v) is 4.31. The average molecular weight is 297 g/mol. The summed E-state index contributed by atoms with van der Waals surface area (Å²) in [5.74, 6) is 0.824. The molecule has 3 heteroatoms. The van der Waals surface area contributed by atoms with E-state index in [2.05, 4.69) is 39.9 Å². The molecule has 21 heavy (non-hydrogen) atoms. The summed E-state index contributed by atoms with van der Waals surface area (Å²) in [6, 6.07) is 0.478. The fourth-order valence-electron chi connectivity index (χ4n) is 4.31. The van der Waals surface area contributed by atoms with Crippen molar-refractivity contribution in [3.05, 3.63) is 0 Å². The number of aliphatic hydroxyl groups excluding tert-OH is 1. The number of fused-ring (bicyclic) bond motifs is 2. The first-order valence-corrected chi connectivity index (χ1v) is 8.84. The van der Waals surface area contributed by atoms with Gasteiger partial charge in [-0.2, -0.15) is 0 Å². The Morgan fingerprint density at radius 1 is 1.33 bits per heavy atom. The summed E-state index contributed by atoms with van der Waals surface area (Å²) < 4.78 is 6.19. The van der Waals surface area contributed by atoms with Gasteiger partial charge in [0.2, 0.25) is 0 Å². The molecule has 0 spiro atoms. The Hall–Kier alpha value is -0.120. The van der Waals surface area contributed by atoms with E-state index < -0.39 is 0 Å². The topological polar surface area (TPSA) is 41.5 Å². The molecule has 2 aliphatic carbocycles. The van der Waals surface area contributed by atoms with Crippen LogP contribution in [-0.2, 0) is 4.74 Å². The first kappa shape index (κ1) is 17.2. The van der Waals surface area contributed by atoms with Gasteiger partial charge in [0.15, 0.2) is 0 Å². The third kappa shape index (κ3) is 3.30. The molecule has 2 saturated carbocycles. The minimum absolute atomic E-state index is 0.293. The fraction of sp³-hybridized carbons (Fsp3) is 1.00. The van der Waals surface area contributed by atoms with Crippen molar-refractivity contribution in [3.63, 3.8) is 0 Å². The molecule has 0 amide bonds. The summed E-state index contributed by atoms with van der Waals surface area (Å²) in [7, 11) is 0. The number of hydrogen-bond acceptors (Lipinski definition) is 3. The number of ether oxygens (including phenoxy) is 1. The average Bonchev–Trinajstić information content (AvgIpc) is 2.77. The van der Waals surface area contributed by atoms with Crippen LogP contribution in [0.4, 0.5) is 0 Å². The standard InChI is InChI=1S/C18H35NO2/c1-6-13(2)19-12-15(20)8-10-21-16-11-14-7-9-18(16,5)17(14,3)4/h13-16,19-20H,6-12H2,1-5H3/t13-,14+,15+,16-,18+/m0/s1. The van der Waals surface area contributed by atoms with E-state index in [1.807, 2.05) is 0 Å². The van der Waals surface area contributed by atoms with Crippen molar-refractivity contribution in [2.45, 2.75) is 85.0 Å². The Kier molecular flexibility index (Phi) is 5.38. The zero-order valence-electron chi connectivity index (χ0n) is 14.6. The summed E-state index contributed by atoms with van der Waals surface area (Å²) in [5, 5.41) is 13.4. The van der Waals surface area contributed by atoms with Crippen molar-refractivity contribution >= 4 is 0 Å². The molecule has 2 fully saturated rings. The molecule has 3 nitrogen and oxygen atoms in total. The van der Waals surface area contributed by atoms with Crippen LogP contribution in [-0.4, -0.2) is 36.5 Å². The molecule has 0 aromatic carbocycles. The molecule has 2 aliphatic rings. The second-order valence-electron chi connectivity index (χ2n) is 8.13. The van der Waals surface area contributed by atoms with E-state index in [0.717, 1.165) is 18.8 Å². The minimum Gasteiger partial charge on any atom is -0.392 e. The van der Waals surface area contributed by atoms with Crippen LogP contribution >= 0.6 is 0 Å². The van der Waals surface area contributed by atoms with Gasteiger partial charge in [0, 0.05) is 19.2 Å². The third-order valence-corrected chi connectivity index (χ3v) is 6.80. The monoisotopic (exact) mass is 297 g/mol. The highest BCUT2D eigenvalue weighted by Crippen LogP contribution is 2.66. The lowest BCUT2D eigenvalue weighted by molar-refractivity contribution is -0.0546. The van der Waals surface area contributed by atoms with E-state index in [-0.39, 0.29) is 6.10 Å². The summed E-state index contributed by atoms with van der Waals surface area (Å²) in [5.41, 5.74) is 0.742. The molecule has 0 aromatic rings. The maximum atomic E-state index is 10.0. The second-order valence-corrected chi connectivity index (χ2v) is 8.13. The molecule has 124 valence electrons. The molecule has 0 saturated heterocycles. The largest absolute Gasteiger partial charge is 0.392 e. The van der Waals surface area contributed by atoms with Crippen LogP contribution in [0.1, 0.15) is 66.7 Å². The predicted octanol–water partition coefficient (Wildman–Crippen LogP) is 3.36. The van der Waals surface area contributed by atoms with Crippen LogP contribution in [0, 0.1) is 16.7 Å². The maximum Gasteiger partial charge on any atom is 0.0686 e. The molecule has 2 bridgehead atoms. The molecule has 2 rings (SSSR count). The molecule has 0 aromatic heterocycles. The summed E-state index contributed by atoms with van der Waals surface area (Å²) in [6.45, 7) is 12.9. The van der Waals surface area contributed by atoms with Gasteiger partial charge in [0.1, 0.15) is 0 Å². The van der Waals surface area contributed by atoms with Gasteiger partial charge in [-0.3, -0.25) is 0 Å². The number of rotatable bonds is 8. The van der Waals surface area contributed by atoms with Gasteiger partial charge in [-0.1, -0.05) is 27.7 Å². The quantitative estimate of drug-likeness (QED) is 0.722. The van der Waals surface area contributed by atoms with Gasteiger partial charge in [0.25, 0.3) is 0 Å². The molecule has 0 radical (unpaired) electrons. The van der Waals surface area contributed by atoms with Crippen LogP contribution in [0.2, 0.25) is 0 Å². The molecule has 5 atom stereocenters. The van der Waals surface area contributed by atoms with Crippen LogP contribution in [0.5, 0.6) is 0 Å². The van der Waals surface area contributed by atoms with E-state index in [9.17, 15) is 5.11 Å². The first-order chi connectivity index (χ1) is 9.81. The zero-order valence-corrected chi connectivity index (χ0v) is 14.6. The molecular formula is C18H35NO2. The van der Waals surface area contributed by atoms with Crippen molar-refractivity contribution in [1.29, 1.82) is 0 Å².